The number of aliphatic hydroxyl groups is 1. The molecule has 1 aromatic heterocycles. The van der Waals surface area contributed by atoms with Crippen molar-refractivity contribution in [2.45, 2.75) is 32.4 Å². The van der Waals surface area contributed by atoms with Crippen LogP contribution in [0.15, 0.2) is 66.2 Å². The van der Waals surface area contributed by atoms with Crippen molar-refractivity contribution in [2.75, 3.05) is 4.90 Å². The van der Waals surface area contributed by atoms with Crippen molar-refractivity contribution in [1.29, 1.82) is 0 Å². The number of anilines is 1. The number of fused-ring (bicyclic) bond motifs is 2. The summed E-state index contributed by atoms with van der Waals surface area (Å²) in [7, 11) is 0. The summed E-state index contributed by atoms with van der Waals surface area (Å²) < 4.78 is 6.58. The van der Waals surface area contributed by atoms with Gasteiger partial charge in [-0.2, -0.15) is 0 Å². The molecule has 36 heavy (non-hydrogen) atoms. The van der Waals surface area contributed by atoms with Crippen molar-refractivity contribution >= 4 is 55.7 Å². The van der Waals surface area contributed by atoms with Gasteiger partial charge in [-0.15, -0.1) is 0 Å². The number of nitrogens with zero attached hydrogens (tertiary/aromatic N) is 2. The fraction of sp³-hybridized carbons (Fsp3) is 0.179. The number of benzene rings is 3. The Morgan fingerprint density at radius 2 is 1.89 bits per heavy atom. The summed E-state index contributed by atoms with van der Waals surface area (Å²) in [4.78, 5) is 32.9. The van der Waals surface area contributed by atoms with Gasteiger partial charge in [-0.3, -0.25) is 14.5 Å². The zero-order valence-electron chi connectivity index (χ0n) is 19.5. The summed E-state index contributed by atoms with van der Waals surface area (Å²) in [5.74, 6) is -0.929. The third-order valence-corrected chi connectivity index (χ3v) is 7.80. The normalized spacial score (nSPS) is 20.7. The van der Waals surface area contributed by atoms with Crippen molar-refractivity contribution in [3.63, 3.8) is 0 Å². The van der Waals surface area contributed by atoms with E-state index in [4.69, 9.17) is 16.3 Å². The number of ether oxygens (including phenoxy) is 1. The van der Waals surface area contributed by atoms with Crippen LogP contribution >= 0.6 is 22.9 Å². The lowest BCUT2D eigenvalue weighted by atomic mass is 9.94. The lowest BCUT2D eigenvalue weighted by molar-refractivity contribution is -0.132. The van der Waals surface area contributed by atoms with Gasteiger partial charge in [0.25, 0.3) is 5.78 Å². The first-order valence-corrected chi connectivity index (χ1v) is 12.7. The standard InChI is InChI=1S/C28H21ClN2O4S/c1-14-3-5-16(6-4-14)24-23(25(32)17-7-10-21-18(12-17)11-15(2)35-21)26(33)27(34)31(24)28-30-20-9-8-19(29)13-22(20)36-28/h3-10,12-13,15,24,32H,11H2,1-2H3/t15-,24-/m1/s1. The number of aryl methyl sites for hydroxylation is 1. The Bertz CT molecular complexity index is 1590. The third-order valence-electron chi connectivity index (χ3n) is 6.55. The molecule has 3 aromatic carbocycles. The number of rotatable bonds is 3. The Kier molecular flexibility index (Phi) is 5.35. The molecule has 0 bridgehead atoms. The van der Waals surface area contributed by atoms with Gasteiger partial charge in [0.05, 0.1) is 21.8 Å². The number of hydrogen-bond donors (Lipinski definition) is 1. The molecule has 180 valence electrons. The highest BCUT2D eigenvalue weighted by atomic mass is 35.5. The van der Waals surface area contributed by atoms with Crippen LogP contribution in [0, 0.1) is 6.92 Å². The number of carbonyl (C=O) groups is 2. The average Bonchev–Trinajstić information content (AvgIpc) is 3.51. The molecule has 0 aliphatic carbocycles. The van der Waals surface area contributed by atoms with Crippen LogP contribution in [0.2, 0.25) is 5.02 Å². The van der Waals surface area contributed by atoms with Crippen LogP contribution in [-0.4, -0.2) is 27.9 Å². The largest absolute Gasteiger partial charge is 0.507 e. The van der Waals surface area contributed by atoms with Gasteiger partial charge < -0.3 is 9.84 Å². The number of ketones is 1. The summed E-state index contributed by atoms with van der Waals surface area (Å²) in [5.41, 5.74) is 3.88. The lowest BCUT2D eigenvalue weighted by Gasteiger charge is -2.23. The van der Waals surface area contributed by atoms with E-state index in [1.807, 2.05) is 44.2 Å². The molecule has 1 saturated heterocycles. The minimum atomic E-state index is -0.829. The second-order valence-electron chi connectivity index (χ2n) is 9.14. The fourth-order valence-electron chi connectivity index (χ4n) is 4.81. The number of Topliss-reactive ketones (excluding diaryl/α,β-unsaturated/α-hetero) is 1. The van der Waals surface area contributed by atoms with E-state index in [1.54, 1.807) is 30.3 Å². The molecule has 6 nitrogen and oxygen atoms in total. The van der Waals surface area contributed by atoms with Crippen molar-refractivity contribution < 1.29 is 19.4 Å². The molecule has 2 aliphatic rings. The van der Waals surface area contributed by atoms with Crippen LogP contribution in [0.5, 0.6) is 5.75 Å². The highest BCUT2D eigenvalue weighted by Crippen LogP contribution is 2.45. The maximum Gasteiger partial charge on any atom is 0.301 e. The van der Waals surface area contributed by atoms with Crippen LogP contribution in [-0.2, 0) is 16.0 Å². The molecule has 4 aromatic rings. The van der Waals surface area contributed by atoms with E-state index >= 15 is 0 Å². The Balaban J connectivity index is 1.53. The van der Waals surface area contributed by atoms with E-state index in [2.05, 4.69) is 4.98 Å². The zero-order valence-corrected chi connectivity index (χ0v) is 21.1. The summed E-state index contributed by atoms with van der Waals surface area (Å²) in [6.45, 7) is 3.94. The first-order chi connectivity index (χ1) is 17.3. The summed E-state index contributed by atoms with van der Waals surface area (Å²) >= 11 is 7.43. The molecule has 2 atom stereocenters. The fourth-order valence-corrected chi connectivity index (χ4v) is 6.08. The molecule has 3 heterocycles. The van der Waals surface area contributed by atoms with E-state index in [0.717, 1.165) is 21.6 Å². The smallest absolute Gasteiger partial charge is 0.301 e. The molecular weight excluding hydrogens is 496 g/mol. The van der Waals surface area contributed by atoms with Gasteiger partial charge in [0.1, 0.15) is 17.6 Å². The minimum absolute atomic E-state index is 0.0352. The second kappa shape index (κ2) is 8.47. The van der Waals surface area contributed by atoms with Gasteiger partial charge >= 0.3 is 5.91 Å². The van der Waals surface area contributed by atoms with E-state index in [-0.39, 0.29) is 17.4 Å². The number of thiazole rings is 1. The number of carbonyl (C=O) groups excluding carboxylic acids is 2. The lowest BCUT2D eigenvalue weighted by Crippen LogP contribution is -2.29. The SMILES string of the molecule is Cc1ccc([C@@H]2C(=C(O)c3ccc4c(c3)C[C@@H](C)O4)C(=O)C(=O)N2c2nc3ccc(Cl)cc3s2)cc1. The van der Waals surface area contributed by atoms with Crippen LogP contribution in [0.4, 0.5) is 5.13 Å². The number of hydrogen-bond acceptors (Lipinski definition) is 6. The molecule has 8 heteroatoms. The van der Waals surface area contributed by atoms with E-state index in [0.29, 0.717) is 33.2 Å². The molecule has 0 saturated carbocycles. The van der Waals surface area contributed by atoms with Gasteiger partial charge in [-0.05, 0) is 61.4 Å². The molecule has 2 aliphatic heterocycles. The van der Waals surface area contributed by atoms with E-state index < -0.39 is 17.7 Å². The zero-order chi connectivity index (χ0) is 25.1. The molecule has 0 unspecified atom stereocenters. The van der Waals surface area contributed by atoms with Gasteiger partial charge in [-0.1, -0.05) is 52.8 Å². The van der Waals surface area contributed by atoms with Crippen molar-refractivity contribution in [3.05, 3.63) is 93.5 Å². The van der Waals surface area contributed by atoms with Gasteiger partial charge in [0.2, 0.25) is 0 Å². The monoisotopic (exact) mass is 516 g/mol. The number of aromatic nitrogens is 1. The highest BCUT2D eigenvalue weighted by molar-refractivity contribution is 7.22. The van der Waals surface area contributed by atoms with Crippen molar-refractivity contribution in [1.82, 2.24) is 4.98 Å². The quantitative estimate of drug-likeness (QED) is 0.199. The van der Waals surface area contributed by atoms with Crippen molar-refractivity contribution in [3.8, 4) is 5.75 Å². The van der Waals surface area contributed by atoms with E-state index in [9.17, 15) is 14.7 Å². The Morgan fingerprint density at radius 3 is 2.67 bits per heavy atom. The molecule has 0 spiro atoms. The van der Waals surface area contributed by atoms with Crippen LogP contribution < -0.4 is 9.64 Å². The van der Waals surface area contributed by atoms with Crippen LogP contribution in [0.25, 0.3) is 16.0 Å². The predicted octanol–water partition coefficient (Wildman–Crippen LogP) is 6.21. The first-order valence-electron chi connectivity index (χ1n) is 11.5. The highest BCUT2D eigenvalue weighted by Gasteiger charge is 2.48. The predicted molar refractivity (Wildman–Crippen MR) is 141 cm³/mol. The van der Waals surface area contributed by atoms with E-state index in [1.165, 1.54) is 16.2 Å². The summed E-state index contributed by atoms with van der Waals surface area (Å²) in [5, 5.41) is 12.4. The maximum absolute atomic E-state index is 13.4. The minimum Gasteiger partial charge on any atom is -0.507 e. The third kappa shape index (κ3) is 3.67. The van der Waals surface area contributed by atoms with Gasteiger partial charge in [-0.25, -0.2) is 4.98 Å². The van der Waals surface area contributed by atoms with Crippen molar-refractivity contribution in [2.24, 2.45) is 0 Å². The summed E-state index contributed by atoms with van der Waals surface area (Å²) in [6.07, 6.45) is 0.753. The molecule has 1 fully saturated rings. The molecule has 1 N–H and O–H groups in total. The Morgan fingerprint density at radius 1 is 1.11 bits per heavy atom. The Hall–Kier alpha value is -3.68. The molecule has 0 radical (unpaired) electrons. The van der Waals surface area contributed by atoms with Crippen LogP contribution in [0.1, 0.15) is 35.2 Å². The molecular formula is C28H21ClN2O4S. The van der Waals surface area contributed by atoms with Gasteiger partial charge in [0, 0.05) is 17.0 Å². The number of amides is 1. The Labute approximate surface area is 216 Å². The second-order valence-corrected chi connectivity index (χ2v) is 10.6. The molecule has 6 rings (SSSR count). The summed E-state index contributed by atoms with van der Waals surface area (Å²) in [6, 6.07) is 17.4. The van der Waals surface area contributed by atoms with Gasteiger partial charge in [0.15, 0.2) is 5.13 Å². The topological polar surface area (TPSA) is 79.7 Å². The maximum atomic E-state index is 13.4. The number of aliphatic hydroxyl groups excluding tert-OH is 1. The average molecular weight is 517 g/mol. The molecule has 1 amide bonds. The van der Waals surface area contributed by atoms with Crippen LogP contribution in [0.3, 0.4) is 0 Å². The number of halogens is 1. The first kappa shape index (κ1) is 22.8.